The molecule has 0 bridgehead atoms. The number of carbonyl (C=O) groups is 2. The molecule has 2 rings (SSSR count). The second-order valence-electron chi connectivity index (χ2n) is 5.58. The first-order valence-electron chi connectivity index (χ1n) is 7.58. The molecule has 1 aromatic heterocycles. The minimum atomic E-state index is -5.21. The van der Waals surface area contributed by atoms with Crippen LogP contribution in [0.4, 0.5) is 23.2 Å². The lowest BCUT2D eigenvalue weighted by Crippen LogP contribution is -2.47. The van der Waals surface area contributed by atoms with E-state index in [1.54, 1.807) is 0 Å². The number of halogens is 4. The normalized spacial score (nSPS) is 11.6. The fraction of sp³-hybridized carbons (Fsp3) is 0.200. The summed E-state index contributed by atoms with van der Waals surface area (Å²) in [7, 11) is -3.84. The van der Waals surface area contributed by atoms with Gasteiger partial charge in [0.25, 0.3) is 5.91 Å². The van der Waals surface area contributed by atoms with Crippen LogP contribution in [-0.4, -0.2) is 42.6 Å². The molecule has 0 aliphatic heterocycles. The molecule has 1 aromatic carbocycles. The minimum absolute atomic E-state index is 0.0751. The molecule has 0 spiro atoms. The van der Waals surface area contributed by atoms with E-state index in [1.807, 2.05) is 0 Å². The maximum atomic E-state index is 14.4. The minimum Gasteiger partial charge on any atom is -0.267 e. The Balaban J connectivity index is 2.18. The molecular weight excluding hydrogens is 422 g/mol. The molecule has 14 heteroatoms. The second kappa shape index (κ2) is 8.38. The number of alkyl halides is 3. The molecule has 0 fully saturated rings. The fourth-order valence-electron chi connectivity index (χ4n) is 2.05. The summed E-state index contributed by atoms with van der Waals surface area (Å²) in [6.07, 6.45) is -0.731. The maximum Gasteiger partial charge on any atom is 0.472 e. The molecule has 156 valence electrons. The van der Waals surface area contributed by atoms with Crippen molar-refractivity contribution in [1.29, 1.82) is 0 Å². The van der Waals surface area contributed by atoms with E-state index >= 15 is 0 Å². The summed E-state index contributed by atoms with van der Waals surface area (Å²) in [6, 6.07) is 2.82. The number of carbonyl (C=O) groups excluding carboxylic acids is 2. The number of hydrogen-bond acceptors (Lipinski definition) is 6. The van der Waals surface area contributed by atoms with Crippen molar-refractivity contribution in [3.8, 4) is 0 Å². The molecule has 29 heavy (non-hydrogen) atoms. The highest BCUT2D eigenvalue weighted by Gasteiger charge is 2.39. The van der Waals surface area contributed by atoms with Crippen LogP contribution in [0.25, 0.3) is 0 Å². The van der Waals surface area contributed by atoms with E-state index in [-0.39, 0.29) is 11.3 Å². The van der Waals surface area contributed by atoms with Crippen molar-refractivity contribution in [3.63, 3.8) is 0 Å². The first kappa shape index (κ1) is 22.0. The quantitative estimate of drug-likeness (QED) is 0.532. The number of rotatable bonds is 5. The average Bonchev–Trinajstić information content (AvgIpc) is 2.63. The van der Waals surface area contributed by atoms with Gasteiger partial charge in [0, 0.05) is 11.1 Å². The Bertz CT molecular complexity index is 1020. The SMILES string of the molecule is CS(=O)(=O)N(Cc1ccc(C(=O)NNC(=O)C(F)(F)F)cc1F)c1cncnc1. The van der Waals surface area contributed by atoms with E-state index in [2.05, 4.69) is 9.97 Å². The zero-order valence-corrected chi connectivity index (χ0v) is 15.4. The zero-order chi connectivity index (χ0) is 21.8. The molecule has 0 saturated heterocycles. The van der Waals surface area contributed by atoms with Crippen LogP contribution in [0, 0.1) is 5.82 Å². The molecule has 0 radical (unpaired) electrons. The van der Waals surface area contributed by atoms with Gasteiger partial charge in [-0.3, -0.25) is 24.7 Å². The van der Waals surface area contributed by atoms with Gasteiger partial charge in [0.05, 0.1) is 30.9 Å². The van der Waals surface area contributed by atoms with E-state index in [9.17, 15) is 35.6 Å². The summed E-state index contributed by atoms with van der Waals surface area (Å²) < 4.78 is 75.5. The van der Waals surface area contributed by atoms with Gasteiger partial charge in [-0.05, 0) is 12.1 Å². The number of benzene rings is 1. The lowest BCUT2D eigenvalue weighted by molar-refractivity contribution is -0.174. The third-order valence-electron chi connectivity index (χ3n) is 3.41. The number of nitrogens with zero attached hydrogens (tertiary/aromatic N) is 3. The van der Waals surface area contributed by atoms with Gasteiger partial charge < -0.3 is 0 Å². The van der Waals surface area contributed by atoms with Gasteiger partial charge in [0.15, 0.2) is 0 Å². The van der Waals surface area contributed by atoms with Gasteiger partial charge in [-0.2, -0.15) is 13.2 Å². The summed E-state index contributed by atoms with van der Waals surface area (Å²) in [4.78, 5) is 29.8. The molecule has 1 heterocycles. The number of sulfonamides is 1. The average molecular weight is 435 g/mol. The van der Waals surface area contributed by atoms with Gasteiger partial charge >= 0.3 is 12.1 Å². The summed E-state index contributed by atoms with van der Waals surface area (Å²) >= 11 is 0. The Morgan fingerprint density at radius 3 is 2.28 bits per heavy atom. The van der Waals surface area contributed by atoms with Gasteiger partial charge in [0.1, 0.15) is 12.1 Å². The zero-order valence-electron chi connectivity index (χ0n) is 14.6. The standard InChI is InChI=1S/C15H13F4N5O4S/c1-29(27,28)24(11-5-20-8-21-6-11)7-10-3-2-9(4-12(10)16)13(25)22-23-14(26)15(17,18)19/h2-6,8H,7H2,1H3,(H,22,25)(H,23,26). The highest BCUT2D eigenvalue weighted by atomic mass is 32.2. The van der Waals surface area contributed by atoms with Crippen molar-refractivity contribution in [1.82, 2.24) is 20.8 Å². The summed E-state index contributed by atoms with van der Waals surface area (Å²) in [5.74, 6) is -4.61. The largest absolute Gasteiger partial charge is 0.472 e. The summed E-state index contributed by atoms with van der Waals surface area (Å²) in [5.41, 5.74) is 2.18. The molecule has 0 unspecified atom stereocenters. The number of amides is 2. The van der Waals surface area contributed by atoms with Crippen LogP contribution in [0.5, 0.6) is 0 Å². The first-order chi connectivity index (χ1) is 13.4. The number of anilines is 1. The van der Waals surface area contributed by atoms with Crippen molar-refractivity contribution >= 4 is 27.5 Å². The fourth-order valence-corrected chi connectivity index (χ4v) is 2.90. The van der Waals surface area contributed by atoms with Crippen LogP contribution >= 0.6 is 0 Å². The van der Waals surface area contributed by atoms with Crippen LogP contribution in [0.15, 0.2) is 36.9 Å². The smallest absolute Gasteiger partial charge is 0.267 e. The van der Waals surface area contributed by atoms with Crippen molar-refractivity contribution in [3.05, 3.63) is 53.9 Å². The van der Waals surface area contributed by atoms with E-state index in [0.717, 1.165) is 28.1 Å². The molecule has 0 aliphatic rings. The van der Waals surface area contributed by atoms with Gasteiger partial charge in [0.2, 0.25) is 10.0 Å². The Labute approximate surface area is 161 Å². The summed E-state index contributed by atoms with van der Waals surface area (Å²) in [6.45, 7) is -0.454. The molecular formula is C15H13F4N5O4S. The number of hydrazine groups is 1. The molecule has 0 atom stereocenters. The molecule has 0 aliphatic carbocycles. The van der Waals surface area contributed by atoms with Crippen LogP contribution in [0.1, 0.15) is 15.9 Å². The Kier molecular flexibility index (Phi) is 6.36. The van der Waals surface area contributed by atoms with Gasteiger partial charge in [-0.1, -0.05) is 6.07 Å². The monoisotopic (exact) mass is 435 g/mol. The molecule has 2 amide bonds. The predicted molar refractivity (Wildman–Crippen MR) is 91.1 cm³/mol. The van der Waals surface area contributed by atoms with Crippen LogP contribution in [-0.2, 0) is 21.4 Å². The topological polar surface area (TPSA) is 121 Å². The number of nitrogens with one attached hydrogen (secondary N) is 2. The van der Waals surface area contributed by atoms with Gasteiger partial charge in [-0.15, -0.1) is 0 Å². The third-order valence-corrected chi connectivity index (χ3v) is 4.55. The highest BCUT2D eigenvalue weighted by molar-refractivity contribution is 7.92. The number of aromatic nitrogens is 2. The Hall–Kier alpha value is -3.29. The van der Waals surface area contributed by atoms with Crippen molar-refractivity contribution in [2.75, 3.05) is 10.6 Å². The molecule has 0 saturated carbocycles. The molecule has 9 nitrogen and oxygen atoms in total. The number of hydrogen-bond donors (Lipinski definition) is 2. The van der Waals surface area contributed by atoms with Crippen LogP contribution in [0.2, 0.25) is 0 Å². The Morgan fingerprint density at radius 1 is 1.14 bits per heavy atom. The van der Waals surface area contributed by atoms with Crippen LogP contribution < -0.4 is 15.2 Å². The summed E-state index contributed by atoms with van der Waals surface area (Å²) in [5, 5.41) is 0. The van der Waals surface area contributed by atoms with Crippen molar-refractivity contribution < 1.29 is 35.6 Å². The van der Waals surface area contributed by atoms with E-state index in [0.29, 0.717) is 6.07 Å². The van der Waals surface area contributed by atoms with Crippen LogP contribution in [0.3, 0.4) is 0 Å². The lowest BCUT2D eigenvalue weighted by atomic mass is 10.1. The predicted octanol–water partition coefficient (Wildman–Crippen LogP) is 0.905. The molecule has 2 aromatic rings. The van der Waals surface area contributed by atoms with E-state index in [1.165, 1.54) is 24.1 Å². The van der Waals surface area contributed by atoms with E-state index in [4.69, 9.17) is 0 Å². The third kappa shape index (κ3) is 5.84. The van der Waals surface area contributed by atoms with E-state index < -0.39 is 45.9 Å². The first-order valence-corrected chi connectivity index (χ1v) is 9.43. The van der Waals surface area contributed by atoms with Crippen molar-refractivity contribution in [2.24, 2.45) is 0 Å². The Morgan fingerprint density at radius 2 is 1.76 bits per heavy atom. The second-order valence-corrected chi connectivity index (χ2v) is 7.49. The lowest BCUT2D eigenvalue weighted by Gasteiger charge is -2.22. The molecule has 2 N–H and O–H groups in total. The van der Waals surface area contributed by atoms with Crippen molar-refractivity contribution in [2.45, 2.75) is 12.7 Å². The highest BCUT2D eigenvalue weighted by Crippen LogP contribution is 2.21. The maximum absolute atomic E-state index is 14.4. The van der Waals surface area contributed by atoms with Gasteiger partial charge in [-0.25, -0.2) is 22.8 Å².